The molecule has 0 saturated carbocycles. The summed E-state index contributed by atoms with van der Waals surface area (Å²) in [5.74, 6) is -0.129. The average molecular weight is 536 g/mol. The van der Waals surface area contributed by atoms with Crippen LogP contribution in [0.25, 0.3) is 0 Å². The Labute approximate surface area is 237 Å². The molecule has 0 unspecified atom stereocenters. The molecule has 0 aliphatic rings. The van der Waals surface area contributed by atoms with Gasteiger partial charge in [0, 0.05) is 12.8 Å². The van der Waals surface area contributed by atoms with Crippen molar-refractivity contribution >= 4 is 11.7 Å². The molecule has 0 heterocycles. The smallest absolute Gasteiger partial charge is 0.220 e. The Kier molecular flexibility index (Phi) is 29.5. The van der Waals surface area contributed by atoms with Crippen molar-refractivity contribution in [3.05, 3.63) is 12.2 Å². The number of ketones is 1. The van der Waals surface area contributed by atoms with E-state index in [-0.39, 0.29) is 18.3 Å². The van der Waals surface area contributed by atoms with Crippen LogP contribution in [0.5, 0.6) is 0 Å². The summed E-state index contributed by atoms with van der Waals surface area (Å²) in [4.78, 5) is 24.6. The van der Waals surface area contributed by atoms with Crippen molar-refractivity contribution in [3.63, 3.8) is 0 Å². The predicted molar refractivity (Wildman–Crippen MR) is 165 cm³/mol. The summed E-state index contributed by atoms with van der Waals surface area (Å²) < 4.78 is 0. The van der Waals surface area contributed by atoms with Gasteiger partial charge in [-0.15, -0.1) is 0 Å². The number of amides is 1. The number of Topliss-reactive ketones (excluding diaryl/α,β-unsaturated/α-hetero) is 1. The lowest BCUT2D eigenvalue weighted by atomic mass is 10.0. The molecule has 0 saturated heterocycles. The molecule has 0 rings (SSSR count). The van der Waals surface area contributed by atoms with Crippen molar-refractivity contribution in [2.45, 2.75) is 187 Å². The fourth-order valence-corrected chi connectivity index (χ4v) is 4.99. The monoisotopic (exact) mass is 535 g/mol. The molecule has 0 aliphatic heterocycles. The van der Waals surface area contributed by atoms with Crippen molar-refractivity contribution < 1.29 is 14.7 Å². The maximum absolute atomic E-state index is 12.4. The van der Waals surface area contributed by atoms with Crippen LogP contribution in [0.1, 0.15) is 181 Å². The Hall–Kier alpha value is -1.16. The number of allylic oxidation sites excluding steroid dienone is 2. The van der Waals surface area contributed by atoms with Gasteiger partial charge in [0.25, 0.3) is 0 Å². The molecule has 0 aromatic carbocycles. The SMILES string of the molecule is CCCCCC/C=C\CCCCCCCC(=O)N[C@@H](CO)C(=O)CCCCCCCCCCCCCCC. The van der Waals surface area contributed by atoms with E-state index in [2.05, 4.69) is 31.3 Å². The quantitative estimate of drug-likeness (QED) is 0.0710. The summed E-state index contributed by atoms with van der Waals surface area (Å²) in [7, 11) is 0. The topological polar surface area (TPSA) is 66.4 Å². The highest BCUT2D eigenvalue weighted by Crippen LogP contribution is 2.14. The lowest BCUT2D eigenvalue weighted by Gasteiger charge is -2.15. The fraction of sp³-hybridized carbons (Fsp3) is 0.882. The van der Waals surface area contributed by atoms with Crippen molar-refractivity contribution in [2.75, 3.05) is 6.61 Å². The van der Waals surface area contributed by atoms with E-state index < -0.39 is 6.04 Å². The van der Waals surface area contributed by atoms with Crippen LogP contribution in [0.2, 0.25) is 0 Å². The van der Waals surface area contributed by atoms with Gasteiger partial charge in [0.15, 0.2) is 5.78 Å². The number of aliphatic hydroxyl groups excluding tert-OH is 1. The Balaban J connectivity index is 3.60. The average Bonchev–Trinajstić information content (AvgIpc) is 2.92. The van der Waals surface area contributed by atoms with Gasteiger partial charge in [-0.05, 0) is 38.5 Å². The maximum Gasteiger partial charge on any atom is 0.220 e. The number of aliphatic hydroxyl groups is 1. The highest BCUT2D eigenvalue weighted by atomic mass is 16.3. The predicted octanol–water partition coefficient (Wildman–Crippen LogP) is 9.77. The molecule has 4 nitrogen and oxygen atoms in total. The molecule has 0 aliphatic carbocycles. The number of carbonyl (C=O) groups is 2. The lowest BCUT2D eigenvalue weighted by Crippen LogP contribution is -2.43. The van der Waals surface area contributed by atoms with Crippen LogP contribution in [-0.4, -0.2) is 29.4 Å². The molecule has 38 heavy (non-hydrogen) atoms. The maximum atomic E-state index is 12.4. The number of unbranched alkanes of at least 4 members (excludes halogenated alkanes) is 21. The molecule has 0 fully saturated rings. The van der Waals surface area contributed by atoms with Gasteiger partial charge in [-0.2, -0.15) is 0 Å². The van der Waals surface area contributed by atoms with E-state index in [1.807, 2.05) is 0 Å². The summed E-state index contributed by atoms with van der Waals surface area (Å²) in [5.41, 5.74) is 0. The highest BCUT2D eigenvalue weighted by molar-refractivity contribution is 5.89. The number of nitrogens with one attached hydrogen (secondary N) is 1. The van der Waals surface area contributed by atoms with Gasteiger partial charge in [-0.25, -0.2) is 0 Å². The largest absolute Gasteiger partial charge is 0.394 e. The van der Waals surface area contributed by atoms with Gasteiger partial charge < -0.3 is 10.4 Å². The molecule has 0 spiro atoms. The van der Waals surface area contributed by atoms with Crippen molar-refractivity contribution in [3.8, 4) is 0 Å². The molecule has 2 N–H and O–H groups in total. The zero-order valence-electron chi connectivity index (χ0n) is 25.6. The van der Waals surface area contributed by atoms with Gasteiger partial charge >= 0.3 is 0 Å². The molecule has 1 atom stereocenters. The normalized spacial score (nSPS) is 12.3. The van der Waals surface area contributed by atoms with Crippen LogP contribution >= 0.6 is 0 Å². The Morgan fingerprint density at radius 3 is 1.37 bits per heavy atom. The second-order valence-corrected chi connectivity index (χ2v) is 11.4. The van der Waals surface area contributed by atoms with E-state index in [0.717, 1.165) is 38.5 Å². The summed E-state index contributed by atoms with van der Waals surface area (Å²) in [5, 5.41) is 12.4. The first-order valence-corrected chi connectivity index (χ1v) is 16.7. The van der Waals surface area contributed by atoms with E-state index in [1.165, 1.54) is 116 Å². The third-order valence-corrected chi connectivity index (χ3v) is 7.60. The minimum absolute atomic E-state index is 0.0256. The molecule has 0 aromatic rings. The van der Waals surface area contributed by atoms with Gasteiger partial charge in [-0.3, -0.25) is 9.59 Å². The molecule has 1 amide bonds. The molecule has 4 heteroatoms. The minimum atomic E-state index is -0.728. The Morgan fingerprint density at radius 1 is 0.553 bits per heavy atom. The van der Waals surface area contributed by atoms with E-state index >= 15 is 0 Å². The molecule has 0 radical (unpaired) electrons. The first-order valence-electron chi connectivity index (χ1n) is 16.7. The van der Waals surface area contributed by atoms with Crippen LogP contribution in [0, 0.1) is 0 Å². The zero-order valence-corrected chi connectivity index (χ0v) is 25.6. The zero-order chi connectivity index (χ0) is 27.9. The summed E-state index contributed by atoms with van der Waals surface area (Å²) in [6.07, 6.45) is 35.3. The molecular weight excluding hydrogens is 470 g/mol. The standard InChI is InChI=1S/C34H65NO3/c1-3-5-7-9-11-13-15-17-19-21-23-25-27-29-33(37)32(31-36)35-34(38)30-28-26-24-22-20-18-16-14-12-10-8-6-4-2/h14,16,32,36H,3-13,15,17-31H2,1-2H3,(H,35,38)/b16-14-/t32-/m0/s1. The number of hydrogen-bond acceptors (Lipinski definition) is 3. The summed E-state index contributed by atoms with van der Waals surface area (Å²) in [6.45, 7) is 4.21. The van der Waals surface area contributed by atoms with Gasteiger partial charge in [0.2, 0.25) is 5.91 Å². The van der Waals surface area contributed by atoms with E-state index in [1.54, 1.807) is 0 Å². The van der Waals surface area contributed by atoms with Crippen LogP contribution in [0.3, 0.4) is 0 Å². The van der Waals surface area contributed by atoms with Crippen LogP contribution in [-0.2, 0) is 9.59 Å². The Morgan fingerprint density at radius 2 is 0.921 bits per heavy atom. The summed E-state index contributed by atoms with van der Waals surface area (Å²) in [6, 6.07) is -0.728. The van der Waals surface area contributed by atoms with Crippen LogP contribution in [0.15, 0.2) is 12.2 Å². The van der Waals surface area contributed by atoms with E-state index in [4.69, 9.17) is 0 Å². The molecule has 0 bridgehead atoms. The van der Waals surface area contributed by atoms with E-state index in [9.17, 15) is 14.7 Å². The number of hydrogen-bond donors (Lipinski definition) is 2. The second-order valence-electron chi connectivity index (χ2n) is 11.4. The third-order valence-electron chi connectivity index (χ3n) is 7.60. The fourth-order valence-electron chi connectivity index (χ4n) is 4.99. The van der Waals surface area contributed by atoms with Crippen LogP contribution in [0.4, 0.5) is 0 Å². The Bertz CT molecular complexity index is 546. The second kappa shape index (κ2) is 30.4. The highest BCUT2D eigenvalue weighted by Gasteiger charge is 2.18. The first-order chi connectivity index (χ1) is 18.7. The third kappa shape index (κ3) is 26.4. The first kappa shape index (κ1) is 36.8. The van der Waals surface area contributed by atoms with Crippen LogP contribution < -0.4 is 5.32 Å². The van der Waals surface area contributed by atoms with Gasteiger partial charge in [-0.1, -0.05) is 142 Å². The number of rotatable bonds is 30. The molecular formula is C34H65NO3. The summed E-state index contributed by atoms with van der Waals surface area (Å²) >= 11 is 0. The number of carbonyl (C=O) groups excluding carboxylic acids is 2. The molecule has 0 aromatic heterocycles. The van der Waals surface area contributed by atoms with Gasteiger partial charge in [0.05, 0.1) is 6.61 Å². The van der Waals surface area contributed by atoms with E-state index in [0.29, 0.717) is 12.8 Å². The van der Waals surface area contributed by atoms with Crippen molar-refractivity contribution in [1.29, 1.82) is 0 Å². The van der Waals surface area contributed by atoms with Crippen molar-refractivity contribution in [1.82, 2.24) is 5.32 Å². The molecule has 224 valence electrons. The minimum Gasteiger partial charge on any atom is -0.394 e. The van der Waals surface area contributed by atoms with Gasteiger partial charge in [0.1, 0.15) is 6.04 Å². The van der Waals surface area contributed by atoms with Crippen molar-refractivity contribution in [2.24, 2.45) is 0 Å². The lowest BCUT2D eigenvalue weighted by molar-refractivity contribution is -0.128.